The second-order valence-electron chi connectivity index (χ2n) is 9.91. The van der Waals surface area contributed by atoms with E-state index in [9.17, 15) is 38.0 Å². The van der Waals surface area contributed by atoms with Crippen LogP contribution in [0.5, 0.6) is 5.75 Å². The van der Waals surface area contributed by atoms with E-state index in [4.69, 9.17) is 9.47 Å². The maximum absolute atomic E-state index is 14.0. The average molecular weight is 658 g/mol. The van der Waals surface area contributed by atoms with Crippen LogP contribution in [-0.4, -0.2) is 67.7 Å². The lowest BCUT2D eigenvalue weighted by Crippen LogP contribution is -2.38. The Morgan fingerprint density at radius 2 is 1.78 bits per heavy atom. The number of hydrogen-bond acceptors (Lipinski definition) is 10. The maximum atomic E-state index is 14.0. The molecule has 0 amide bonds. The number of non-ortho nitro benzene ring substituents is 1. The molecule has 3 N–H and O–H groups in total. The summed E-state index contributed by atoms with van der Waals surface area (Å²) in [6, 6.07) is 13.8. The van der Waals surface area contributed by atoms with Gasteiger partial charge in [-0.25, -0.2) is 9.59 Å². The number of benzene rings is 2. The number of nitro benzene ring substituents is 1. The van der Waals surface area contributed by atoms with Crippen LogP contribution in [0.15, 0.2) is 77.1 Å². The largest absolute Gasteiger partial charge is 0.491 e. The first-order chi connectivity index (χ1) is 20.9. The summed E-state index contributed by atoms with van der Waals surface area (Å²) in [7, 11) is 0.894. The topological polar surface area (TPSA) is 149 Å². The number of hydrogen-bond donors (Lipinski definition) is 3. The zero-order chi connectivity index (χ0) is 32.3. The van der Waals surface area contributed by atoms with E-state index in [1.807, 2.05) is 18.2 Å². The Morgan fingerprint density at radius 3 is 2.42 bits per heavy atom. The Kier molecular flexibility index (Phi) is 14.3. The molecule has 0 saturated heterocycles. The van der Waals surface area contributed by atoms with Crippen molar-refractivity contribution in [1.82, 2.24) is 10.6 Å². The number of nitro groups is 1. The summed E-state index contributed by atoms with van der Waals surface area (Å²) in [5.74, 6) is -3.32. The predicted molar refractivity (Wildman–Crippen MR) is 160 cm³/mol. The number of para-hydroxylation sites is 1. The van der Waals surface area contributed by atoms with Gasteiger partial charge in [-0.15, -0.1) is 12.4 Å². The number of carbonyl (C=O) groups is 2. The molecule has 246 valence electrons. The number of unbranched alkanes of at least 4 members (excludes halogenated alkanes) is 2. The molecule has 0 aliphatic carbocycles. The summed E-state index contributed by atoms with van der Waals surface area (Å²) in [5, 5.41) is 26.6. The molecule has 1 heterocycles. The lowest BCUT2D eigenvalue weighted by molar-refractivity contribution is -0.384. The van der Waals surface area contributed by atoms with Crippen molar-refractivity contribution >= 4 is 30.0 Å². The zero-order valence-electron chi connectivity index (χ0n) is 24.6. The van der Waals surface area contributed by atoms with Crippen molar-refractivity contribution in [3.8, 4) is 5.75 Å². The lowest BCUT2D eigenvalue weighted by atomic mass is 9.80. The van der Waals surface area contributed by atoms with Gasteiger partial charge in [0.05, 0.1) is 35.7 Å². The van der Waals surface area contributed by atoms with E-state index in [2.05, 4.69) is 15.4 Å². The van der Waals surface area contributed by atoms with Crippen LogP contribution in [-0.2, 0) is 19.1 Å². The molecule has 3 rings (SSSR count). The Hall–Kier alpha value is -4.14. The molecule has 15 heteroatoms. The van der Waals surface area contributed by atoms with Crippen molar-refractivity contribution in [2.24, 2.45) is 0 Å². The highest BCUT2D eigenvalue weighted by atomic mass is 35.5. The minimum atomic E-state index is -5.03. The molecule has 0 bridgehead atoms. The molecule has 0 saturated carbocycles. The maximum Gasteiger partial charge on any atom is 0.431 e. The van der Waals surface area contributed by atoms with Gasteiger partial charge in [-0.1, -0.05) is 30.3 Å². The standard InChI is InChI=1S/C30H34F3N3O8.ClH/c1-19-24(29(39)43-15-8-4-7-14-34-17-22(37)18-44-23-12-5-3-6-13-23)25(20-10-9-11-21(16-20)36(40)41)26(28(38)42-2)27(35-19)30(31,32)33;/h3,5-6,9-13,16,22,25,34-35,37H,4,7-8,14-15,17-18H2,1-2H3;1H. The van der Waals surface area contributed by atoms with Crippen molar-refractivity contribution in [3.05, 3.63) is 92.8 Å². The third-order valence-electron chi connectivity index (χ3n) is 6.68. The van der Waals surface area contributed by atoms with Crippen LogP contribution in [0.25, 0.3) is 0 Å². The van der Waals surface area contributed by atoms with Crippen LogP contribution in [0.1, 0.15) is 37.7 Å². The molecule has 0 radical (unpaired) electrons. The molecule has 11 nitrogen and oxygen atoms in total. The molecule has 1 aliphatic heterocycles. The molecule has 45 heavy (non-hydrogen) atoms. The van der Waals surface area contributed by atoms with Gasteiger partial charge in [-0.2, -0.15) is 13.2 Å². The Morgan fingerprint density at radius 1 is 1.07 bits per heavy atom. The second kappa shape index (κ2) is 17.4. The highest BCUT2D eigenvalue weighted by molar-refractivity contribution is 6.00. The first-order valence-electron chi connectivity index (χ1n) is 13.8. The van der Waals surface area contributed by atoms with Gasteiger partial charge >= 0.3 is 18.1 Å². The van der Waals surface area contributed by atoms with Crippen molar-refractivity contribution in [3.63, 3.8) is 0 Å². The van der Waals surface area contributed by atoms with E-state index in [0.717, 1.165) is 19.2 Å². The van der Waals surface area contributed by atoms with E-state index >= 15 is 0 Å². The summed E-state index contributed by atoms with van der Waals surface area (Å²) in [4.78, 5) is 36.6. The van der Waals surface area contributed by atoms with Crippen LogP contribution in [0.2, 0.25) is 0 Å². The number of allylic oxidation sites excluding steroid dienone is 2. The molecule has 0 aromatic heterocycles. The molecule has 2 atom stereocenters. The predicted octanol–water partition coefficient (Wildman–Crippen LogP) is 4.71. The number of rotatable bonds is 15. The van der Waals surface area contributed by atoms with Crippen LogP contribution >= 0.6 is 12.4 Å². The second-order valence-corrected chi connectivity index (χ2v) is 9.91. The molecule has 2 aromatic carbocycles. The van der Waals surface area contributed by atoms with Crippen LogP contribution in [0, 0.1) is 10.1 Å². The van der Waals surface area contributed by atoms with Gasteiger partial charge in [0, 0.05) is 24.4 Å². The quantitative estimate of drug-likeness (QED) is 0.106. The number of aliphatic hydroxyl groups excluding tert-OH is 1. The molecular weight excluding hydrogens is 623 g/mol. The van der Waals surface area contributed by atoms with Gasteiger partial charge in [-0.05, 0) is 50.4 Å². The van der Waals surface area contributed by atoms with E-state index < -0.39 is 52.0 Å². The highest BCUT2D eigenvalue weighted by Gasteiger charge is 2.47. The first-order valence-corrected chi connectivity index (χ1v) is 13.8. The number of carbonyl (C=O) groups excluding carboxylic acids is 2. The van der Waals surface area contributed by atoms with E-state index in [1.54, 1.807) is 12.1 Å². The van der Waals surface area contributed by atoms with E-state index in [0.29, 0.717) is 38.1 Å². The third-order valence-corrected chi connectivity index (χ3v) is 6.68. The number of halogens is 4. The smallest absolute Gasteiger partial charge is 0.431 e. The molecule has 0 spiro atoms. The highest BCUT2D eigenvalue weighted by Crippen LogP contribution is 2.44. The van der Waals surface area contributed by atoms with Crippen LogP contribution in [0.4, 0.5) is 18.9 Å². The van der Waals surface area contributed by atoms with Crippen LogP contribution < -0.4 is 15.4 Å². The summed E-state index contributed by atoms with van der Waals surface area (Å²) < 4.78 is 57.5. The number of ether oxygens (including phenoxy) is 3. The van der Waals surface area contributed by atoms with Crippen LogP contribution in [0.3, 0.4) is 0 Å². The van der Waals surface area contributed by atoms with Gasteiger partial charge < -0.3 is 30.0 Å². The van der Waals surface area contributed by atoms with Crippen molar-refractivity contribution in [2.45, 2.75) is 44.4 Å². The first kappa shape index (κ1) is 37.0. The number of aliphatic hydroxyl groups is 1. The van der Waals surface area contributed by atoms with E-state index in [-0.39, 0.29) is 42.5 Å². The fourth-order valence-electron chi connectivity index (χ4n) is 4.61. The molecular formula is C30H35ClF3N3O8. The summed E-state index contributed by atoms with van der Waals surface area (Å²) >= 11 is 0. The fourth-order valence-corrected chi connectivity index (χ4v) is 4.61. The summed E-state index contributed by atoms with van der Waals surface area (Å²) in [6.07, 6.45) is -3.99. The minimum Gasteiger partial charge on any atom is -0.491 e. The SMILES string of the molecule is COC(=O)C1=C(C(F)(F)F)NC(C)=C(C(=O)OCCCCCNCC(O)COc2ccccc2)C1c1cccc([N+](=O)[O-])c1.Cl. The van der Waals surface area contributed by atoms with Gasteiger partial charge in [0.2, 0.25) is 0 Å². The number of nitrogens with one attached hydrogen (secondary N) is 2. The van der Waals surface area contributed by atoms with Gasteiger partial charge in [-0.3, -0.25) is 10.1 Å². The van der Waals surface area contributed by atoms with Crippen molar-refractivity contribution < 1.29 is 47.0 Å². The number of esters is 2. The number of dihydropyridines is 1. The third kappa shape index (κ3) is 10.5. The Balaban J connectivity index is 0.00000705. The molecule has 2 aromatic rings. The molecule has 0 fully saturated rings. The van der Waals surface area contributed by atoms with E-state index in [1.165, 1.54) is 19.1 Å². The Labute approximate surface area is 264 Å². The number of methoxy groups -OCH3 is 1. The lowest BCUT2D eigenvalue weighted by Gasteiger charge is -2.31. The molecule has 2 unspecified atom stereocenters. The zero-order valence-corrected chi connectivity index (χ0v) is 25.4. The Bertz CT molecular complexity index is 1390. The van der Waals surface area contributed by atoms with Gasteiger partial charge in [0.1, 0.15) is 24.2 Å². The van der Waals surface area contributed by atoms with Gasteiger partial charge in [0.15, 0.2) is 0 Å². The fraction of sp³-hybridized carbons (Fsp3) is 0.400. The molecule has 1 aliphatic rings. The van der Waals surface area contributed by atoms with Gasteiger partial charge in [0.25, 0.3) is 5.69 Å². The van der Waals surface area contributed by atoms with Crippen molar-refractivity contribution in [1.29, 1.82) is 0 Å². The monoisotopic (exact) mass is 657 g/mol. The van der Waals surface area contributed by atoms with Crippen molar-refractivity contribution in [2.75, 3.05) is 33.4 Å². The summed E-state index contributed by atoms with van der Waals surface area (Å²) in [6.45, 7) is 2.19. The summed E-state index contributed by atoms with van der Waals surface area (Å²) in [5.41, 5.74) is -3.39. The average Bonchev–Trinajstić information content (AvgIpc) is 3.00. The minimum absolute atomic E-state index is 0. The number of alkyl halides is 3. The normalized spacial score (nSPS) is 15.5. The number of nitrogens with zero attached hydrogens (tertiary/aromatic N) is 1.